The molecule has 1 aliphatic rings. The molecule has 2 aromatic rings. The molecule has 5 nitrogen and oxygen atoms in total. The van der Waals surface area contributed by atoms with E-state index in [0.717, 1.165) is 37.7 Å². The normalized spacial score (nSPS) is 18.1. The lowest BCUT2D eigenvalue weighted by Gasteiger charge is -2.32. The number of aromatic nitrogens is 3. The van der Waals surface area contributed by atoms with E-state index in [-0.39, 0.29) is 0 Å². The fraction of sp³-hybridized carbons (Fsp3) is 0.467. The Morgan fingerprint density at radius 2 is 1.85 bits per heavy atom. The van der Waals surface area contributed by atoms with Gasteiger partial charge in [-0.3, -0.25) is 9.58 Å². The maximum atomic E-state index is 5.40. The van der Waals surface area contributed by atoms with E-state index < -0.39 is 0 Å². The van der Waals surface area contributed by atoms with Gasteiger partial charge in [0, 0.05) is 31.7 Å². The van der Waals surface area contributed by atoms with Crippen molar-refractivity contribution in [3.8, 4) is 11.4 Å². The zero-order valence-corrected chi connectivity index (χ0v) is 12.0. The van der Waals surface area contributed by atoms with Crippen molar-refractivity contribution in [1.29, 1.82) is 0 Å². The molecule has 0 spiro atoms. The average molecular weight is 272 g/mol. The number of hydrogen-bond donors (Lipinski definition) is 0. The van der Waals surface area contributed by atoms with Crippen molar-refractivity contribution in [3.63, 3.8) is 0 Å². The number of aryl methyl sites for hydroxylation is 1. The van der Waals surface area contributed by atoms with Gasteiger partial charge in [0.1, 0.15) is 6.33 Å². The van der Waals surface area contributed by atoms with Gasteiger partial charge in [-0.05, 0) is 12.5 Å². The number of morpholine rings is 1. The van der Waals surface area contributed by atoms with Crippen LogP contribution >= 0.6 is 0 Å². The summed E-state index contributed by atoms with van der Waals surface area (Å²) in [4.78, 5) is 6.73. The highest BCUT2D eigenvalue weighted by atomic mass is 16.5. The molecule has 0 radical (unpaired) electrons. The zero-order chi connectivity index (χ0) is 13.9. The Morgan fingerprint density at radius 3 is 2.45 bits per heavy atom. The van der Waals surface area contributed by atoms with Crippen LogP contribution in [0.15, 0.2) is 30.6 Å². The van der Waals surface area contributed by atoms with Gasteiger partial charge < -0.3 is 4.74 Å². The van der Waals surface area contributed by atoms with Crippen molar-refractivity contribution < 1.29 is 4.74 Å². The van der Waals surface area contributed by atoms with E-state index in [4.69, 9.17) is 4.74 Å². The fourth-order valence-electron chi connectivity index (χ4n) is 2.56. The second kappa shape index (κ2) is 5.73. The summed E-state index contributed by atoms with van der Waals surface area (Å²) in [7, 11) is 1.88. The van der Waals surface area contributed by atoms with Crippen LogP contribution in [0.1, 0.15) is 18.5 Å². The highest BCUT2D eigenvalue weighted by Crippen LogP contribution is 2.23. The van der Waals surface area contributed by atoms with Gasteiger partial charge in [-0.15, -0.1) is 0 Å². The fourth-order valence-corrected chi connectivity index (χ4v) is 2.56. The van der Waals surface area contributed by atoms with E-state index in [1.807, 2.05) is 7.05 Å². The van der Waals surface area contributed by atoms with Crippen LogP contribution in [0.5, 0.6) is 0 Å². The largest absolute Gasteiger partial charge is 0.379 e. The molecule has 106 valence electrons. The van der Waals surface area contributed by atoms with Gasteiger partial charge in [0.15, 0.2) is 5.82 Å². The van der Waals surface area contributed by atoms with Crippen LogP contribution < -0.4 is 0 Å². The third kappa shape index (κ3) is 2.73. The lowest BCUT2D eigenvalue weighted by atomic mass is 10.0. The van der Waals surface area contributed by atoms with Crippen LogP contribution in [-0.4, -0.2) is 46.0 Å². The topological polar surface area (TPSA) is 43.2 Å². The Labute approximate surface area is 119 Å². The summed E-state index contributed by atoms with van der Waals surface area (Å²) >= 11 is 0. The van der Waals surface area contributed by atoms with Gasteiger partial charge in [0.05, 0.1) is 13.2 Å². The lowest BCUT2D eigenvalue weighted by Crippen LogP contribution is -2.37. The number of nitrogens with zero attached hydrogens (tertiary/aromatic N) is 4. The molecule has 0 bridgehead atoms. The molecule has 0 saturated carbocycles. The second-order valence-electron chi connectivity index (χ2n) is 5.19. The maximum Gasteiger partial charge on any atom is 0.181 e. The molecule has 5 heteroatoms. The first-order valence-electron chi connectivity index (χ1n) is 7.02. The summed E-state index contributed by atoms with van der Waals surface area (Å²) in [6.07, 6.45) is 1.72. The van der Waals surface area contributed by atoms with Gasteiger partial charge in [0.2, 0.25) is 0 Å². The second-order valence-corrected chi connectivity index (χ2v) is 5.19. The van der Waals surface area contributed by atoms with Gasteiger partial charge in [-0.25, -0.2) is 4.98 Å². The van der Waals surface area contributed by atoms with Crippen molar-refractivity contribution >= 4 is 0 Å². The third-order valence-corrected chi connectivity index (χ3v) is 3.84. The highest BCUT2D eigenvalue weighted by molar-refractivity contribution is 5.54. The zero-order valence-electron chi connectivity index (χ0n) is 12.0. The Hall–Kier alpha value is -1.72. The molecule has 0 amide bonds. The summed E-state index contributed by atoms with van der Waals surface area (Å²) < 4.78 is 7.13. The molecule has 1 aliphatic heterocycles. The molecular formula is C15H20N4O. The Kier molecular flexibility index (Phi) is 3.80. The summed E-state index contributed by atoms with van der Waals surface area (Å²) in [5.41, 5.74) is 2.38. The lowest BCUT2D eigenvalue weighted by molar-refractivity contribution is 0.0198. The molecule has 1 aromatic carbocycles. The van der Waals surface area contributed by atoms with Gasteiger partial charge in [-0.1, -0.05) is 24.3 Å². The predicted molar refractivity (Wildman–Crippen MR) is 77.2 cm³/mol. The average Bonchev–Trinajstić information content (AvgIpc) is 2.94. The van der Waals surface area contributed by atoms with Crippen molar-refractivity contribution in [1.82, 2.24) is 19.7 Å². The summed E-state index contributed by atoms with van der Waals surface area (Å²) in [6.45, 7) is 5.93. The molecule has 1 aromatic heterocycles. The first-order valence-corrected chi connectivity index (χ1v) is 7.02. The summed E-state index contributed by atoms with van der Waals surface area (Å²) in [5.74, 6) is 0.776. The maximum absolute atomic E-state index is 5.40. The van der Waals surface area contributed by atoms with E-state index in [0.29, 0.717) is 6.04 Å². The summed E-state index contributed by atoms with van der Waals surface area (Å²) in [5, 5.41) is 4.32. The van der Waals surface area contributed by atoms with E-state index in [1.165, 1.54) is 5.56 Å². The van der Waals surface area contributed by atoms with E-state index in [2.05, 4.69) is 46.2 Å². The number of hydrogen-bond acceptors (Lipinski definition) is 4. The van der Waals surface area contributed by atoms with Crippen LogP contribution in [0.25, 0.3) is 11.4 Å². The highest BCUT2D eigenvalue weighted by Gasteiger charge is 2.18. The number of rotatable bonds is 3. The molecule has 3 rings (SSSR count). The van der Waals surface area contributed by atoms with Crippen molar-refractivity contribution in [2.24, 2.45) is 7.05 Å². The molecule has 0 N–H and O–H groups in total. The molecule has 2 heterocycles. The van der Waals surface area contributed by atoms with Crippen LogP contribution in [0, 0.1) is 0 Å². The minimum Gasteiger partial charge on any atom is -0.379 e. The van der Waals surface area contributed by atoms with Crippen molar-refractivity contribution in [2.75, 3.05) is 26.3 Å². The Bertz CT molecular complexity index is 558. The molecule has 1 fully saturated rings. The predicted octanol–water partition coefficient (Wildman–Crippen LogP) is 1.88. The monoisotopic (exact) mass is 272 g/mol. The molecule has 1 atom stereocenters. The Balaban J connectivity index is 1.75. The van der Waals surface area contributed by atoms with Crippen LogP contribution in [0.3, 0.4) is 0 Å². The first kappa shape index (κ1) is 13.3. The van der Waals surface area contributed by atoms with Crippen LogP contribution in [0.2, 0.25) is 0 Å². The van der Waals surface area contributed by atoms with Gasteiger partial charge >= 0.3 is 0 Å². The van der Waals surface area contributed by atoms with E-state index in [9.17, 15) is 0 Å². The van der Waals surface area contributed by atoms with Gasteiger partial charge in [0.25, 0.3) is 0 Å². The van der Waals surface area contributed by atoms with E-state index >= 15 is 0 Å². The molecule has 1 unspecified atom stereocenters. The Morgan fingerprint density at radius 1 is 1.15 bits per heavy atom. The quantitative estimate of drug-likeness (QED) is 0.855. The SMILES string of the molecule is CC(c1ccc(-c2ncn(C)n2)cc1)N1CCOCC1. The third-order valence-electron chi connectivity index (χ3n) is 3.84. The van der Waals surface area contributed by atoms with Crippen LogP contribution in [0.4, 0.5) is 0 Å². The molecule has 0 aliphatic carbocycles. The minimum absolute atomic E-state index is 0.421. The molecule has 1 saturated heterocycles. The van der Waals surface area contributed by atoms with Gasteiger partial charge in [-0.2, -0.15) is 5.10 Å². The number of benzene rings is 1. The molecule has 20 heavy (non-hydrogen) atoms. The van der Waals surface area contributed by atoms with Crippen molar-refractivity contribution in [3.05, 3.63) is 36.2 Å². The van der Waals surface area contributed by atoms with E-state index in [1.54, 1.807) is 11.0 Å². The standard InChI is InChI=1S/C15H20N4O/c1-12(19-7-9-20-10-8-19)13-3-5-14(6-4-13)15-16-11-18(2)17-15/h3-6,11-12H,7-10H2,1-2H3. The van der Waals surface area contributed by atoms with Crippen molar-refractivity contribution in [2.45, 2.75) is 13.0 Å². The number of ether oxygens (including phenoxy) is 1. The minimum atomic E-state index is 0.421. The smallest absolute Gasteiger partial charge is 0.181 e. The van der Waals surface area contributed by atoms with Crippen LogP contribution in [-0.2, 0) is 11.8 Å². The summed E-state index contributed by atoms with van der Waals surface area (Å²) in [6, 6.07) is 8.96. The molecular weight excluding hydrogens is 252 g/mol. The first-order chi connectivity index (χ1) is 9.74.